The zero-order valence-electron chi connectivity index (χ0n) is 16.0. The van der Waals surface area contributed by atoms with Gasteiger partial charge in [-0.25, -0.2) is 0 Å². The molecule has 1 amide bonds. The van der Waals surface area contributed by atoms with E-state index in [9.17, 15) is 4.79 Å². The fourth-order valence-corrected chi connectivity index (χ4v) is 2.83. The quantitative estimate of drug-likeness (QED) is 0.679. The van der Waals surface area contributed by atoms with Crippen LogP contribution in [0.25, 0.3) is 11.4 Å². The van der Waals surface area contributed by atoms with E-state index in [0.717, 1.165) is 11.3 Å². The molecule has 0 bridgehead atoms. The van der Waals surface area contributed by atoms with Gasteiger partial charge in [0.1, 0.15) is 25.5 Å². The van der Waals surface area contributed by atoms with Crippen molar-refractivity contribution in [2.24, 2.45) is 0 Å². The van der Waals surface area contributed by atoms with Crippen molar-refractivity contribution >= 4 is 17.6 Å². The summed E-state index contributed by atoms with van der Waals surface area (Å²) in [5, 5.41) is 6.80. The zero-order valence-corrected chi connectivity index (χ0v) is 16.0. The third-order valence-corrected chi connectivity index (χ3v) is 4.30. The summed E-state index contributed by atoms with van der Waals surface area (Å²) >= 11 is 0. The summed E-state index contributed by atoms with van der Waals surface area (Å²) in [5.41, 5.74) is 1.41. The van der Waals surface area contributed by atoms with E-state index in [1.807, 2.05) is 24.3 Å². The van der Waals surface area contributed by atoms with Gasteiger partial charge in [-0.1, -0.05) is 5.16 Å². The molecule has 0 radical (unpaired) electrons. The lowest BCUT2D eigenvalue weighted by molar-refractivity contribution is -0.115. The molecule has 1 aliphatic rings. The molecule has 0 unspecified atom stereocenters. The lowest BCUT2D eigenvalue weighted by Crippen LogP contribution is -2.30. The van der Waals surface area contributed by atoms with Gasteiger partial charge in [-0.15, -0.1) is 0 Å². The summed E-state index contributed by atoms with van der Waals surface area (Å²) in [6.07, 6.45) is 0. The van der Waals surface area contributed by atoms with Crippen LogP contribution < -0.4 is 24.4 Å². The smallest absolute Gasteiger partial charge is 0.324 e. The molecule has 9 nitrogen and oxygen atoms in total. The highest BCUT2D eigenvalue weighted by atomic mass is 16.6. The van der Waals surface area contributed by atoms with Crippen molar-refractivity contribution in [3.05, 3.63) is 42.5 Å². The number of hydrogen-bond donors (Lipinski definition) is 1. The summed E-state index contributed by atoms with van der Waals surface area (Å²) in [4.78, 5) is 18.3. The maximum Gasteiger partial charge on any atom is 0.324 e. The van der Waals surface area contributed by atoms with Crippen molar-refractivity contribution in [2.75, 3.05) is 44.1 Å². The maximum absolute atomic E-state index is 12.4. The molecule has 2 heterocycles. The molecule has 1 aromatic heterocycles. The van der Waals surface area contributed by atoms with Crippen molar-refractivity contribution in [3.8, 4) is 28.6 Å². The van der Waals surface area contributed by atoms with E-state index in [0.29, 0.717) is 36.2 Å². The molecule has 4 rings (SSSR count). The Bertz CT molecular complexity index is 1000. The van der Waals surface area contributed by atoms with Gasteiger partial charge in [0.05, 0.1) is 7.11 Å². The van der Waals surface area contributed by atoms with Gasteiger partial charge in [-0.3, -0.25) is 4.79 Å². The lowest BCUT2D eigenvalue weighted by Gasteiger charge is -2.19. The van der Waals surface area contributed by atoms with Crippen LogP contribution in [0.15, 0.2) is 47.0 Å². The van der Waals surface area contributed by atoms with E-state index >= 15 is 0 Å². The van der Waals surface area contributed by atoms with Crippen LogP contribution >= 0.6 is 0 Å². The van der Waals surface area contributed by atoms with Gasteiger partial charge in [0.2, 0.25) is 11.7 Å². The Hall–Kier alpha value is -3.75. The summed E-state index contributed by atoms with van der Waals surface area (Å²) in [6.45, 7) is 1.05. The molecule has 29 heavy (non-hydrogen) atoms. The minimum Gasteiger partial charge on any atom is -0.497 e. The highest BCUT2D eigenvalue weighted by Gasteiger charge is 2.17. The predicted molar refractivity (Wildman–Crippen MR) is 106 cm³/mol. The summed E-state index contributed by atoms with van der Waals surface area (Å²) in [6, 6.07) is 12.8. The molecule has 9 heteroatoms. The third kappa shape index (κ3) is 4.23. The standard InChI is InChI=1S/C20H20N4O5/c1-24(20-22-19(23-29-20)13-3-6-15(26-2)7-4-13)12-18(25)21-14-5-8-16-17(11-14)28-10-9-27-16/h3-8,11H,9-10,12H2,1-2H3,(H,21,25). The molecule has 0 aliphatic carbocycles. The average molecular weight is 396 g/mol. The second-order valence-electron chi connectivity index (χ2n) is 6.39. The summed E-state index contributed by atoms with van der Waals surface area (Å²) in [5.74, 6) is 2.23. The van der Waals surface area contributed by atoms with Crippen molar-refractivity contribution in [2.45, 2.75) is 0 Å². The Morgan fingerprint density at radius 2 is 1.90 bits per heavy atom. The van der Waals surface area contributed by atoms with Crippen molar-refractivity contribution in [1.29, 1.82) is 0 Å². The van der Waals surface area contributed by atoms with E-state index in [-0.39, 0.29) is 18.5 Å². The molecule has 1 aliphatic heterocycles. The molecule has 0 spiro atoms. The van der Waals surface area contributed by atoms with Crippen LogP contribution in [-0.4, -0.2) is 50.0 Å². The van der Waals surface area contributed by atoms with Crippen molar-refractivity contribution in [1.82, 2.24) is 10.1 Å². The van der Waals surface area contributed by atoms with Crippen molar-refractivity contribution < 1.29 is 23.5 Å². The average Bonchev–Trinajstić information content (AvgIpc) is 3.24. The number of nitrogens with one attached hydrogen (secondary N) is 1. The zero-order chi connectivity index (χ0) is 20.2. The number of likely N-dealkylation sites (N-methyl/N-ethyl adjacent to an activating group) is 1. The highest BCUT2D eigenvalue weighted by molar-refractivity contribution is 5.94. The number of rotatable bonds is 6. The highest BCUT2D eigenvalue weighted by Crippen LogP contribution is 2.32. The van der Waals surface area contributed by atoms with Crippen LogP contribution in [-0.2, 0) is 4.79 Å². The van der Waals surface area contributed by atoms with E-state index in [2.05, 4.69) is 15.5 Å². The first kappa shape index (κ1) is 18.6. The van der Waals surface area contributed by atoms with Crippen LogP contribution in [0.3, 0.4) is 0 Å². The number of ether oxygens (including phenoxy) is 3. The monoisotopic (exact) mass is 396 g/mol. The van der Waals surface area contributed by atoms with Gasteiger partial charge < -0.3 is 29.0 Å². The second-order valence-corrected chi connectivity index (χ2v) is 6.39. The summed E-state index contributed by atoms with van der Waals surface area (Å²) in [7, 11) is 3.31. The van der Waals surface area contributed by atoms with Crippen LogP contribution in [0.2, 0.25) is 0 Å². The van der Waals surface area contributed by atoms with Gasteiger partial charge >= 0.3 is 6.01 Å². The van der Waals surface area contributed by atoms with Crippen molar-refractivity contribution in [3.63, 3.8) is 0 Å². The first-order valence-corrected chi connectivity index (χ1v) is 9.01. The Morgan fingerprint density at radius 3 is 2.66 bits per heavy atom. The molecule has 2 aromatic carbocycles. The van der Waals surface area contributed by atoms with Crippen LogP contribution in [0.5, 0.6) is 17.2 Å². The number of carbonyl (C=O) groups is 1. The number of fused-ring (bicyclic) bond motifs is 1. The van der Waals surface area contributed by atoms with Gasteiger partial charge in [-0.05, 0) is 36.4 Å². The Morgan fingerprint density at radius 1 is 1.14 bits per heavy atom. The minimum absolute atomic E-state index is 0.0404. The van der Waals surface area contributed by atoms with Crippen LogP contribution in [0.4, 0.5) is 11.7 Å². The lowest BCUT2D eigenvalue weighted by atomic mass is 10.2. The van der Waals surface area contributed by atoms with Gasteiger partial charge in [-0.2, -0.15) is 4.98 Å². The van der Waals surface area contributed by atoms with E-state index in [4.69, 9.17) is 18.7 Å². The maximum atomic E-state index is 12.4. The molecule has 0 saturated heterocycles. The van der Waals surface area contributed by atoms with Crippen LogP contribution in [0.1, 0.15) is 0 Å². The normalized spacial score (nSPS) is 12.3. The minimum atomic E-state index is -0.228. The number of benzene rings is 2. The van der Waals surface area contributed by atoms with Crippen LogP contribution in [0, 0.1) is 0 Å². The van der Waals surface area contributed by atoms with E-state index < -0.39 is 0 Å². The largest absolute Gasteiger partial charge is 0.497 e. The number of hydrogen-bond acceptors (Lipinski definition) is 8. The van der Waals surface area contributed by atoms with E-state index in [1.165, 1.54) is 0 Å². The number of anilines is 2. The number of methoxy groups -OCH3 is 1. The third-order valence-electron chi connectivity index (χ3n) is 4.30. The Labute approximate surface area is 167 Å². The predicted octanol–water partition coefficient (Wildman–Crippen LogP) is 2.59. The fourth-order valence-electron chi connectivity index (χ4n) is 2.83. The molecule has 0 fully saturated rings. The topological polar surface area (TPSA) is 99.0 Å². The first-order chi connectivity index (χ1) is 14.1. The Kier molecular flexibility index (Phi) is 5.19. The van der Waals surface area contributed by atoms with Gasteiger partial charge in [0.25, 0.3) is 0 Å². The number of aromatic nitrogens is 2. The Balaban J connectivity index is 1.38. The molecule has 0 saturated carbocycles. The molecular formula is C20H20N4O5. The molecule has 3 aromatic rings. The number of nitrogens with zero attached hydrogens (tertiary/aromatic N) is 3. The molecule has 0 atom stereocenters. The molecular weight excluding hydrogens is 376 g/mol. The summed E-state index contributed by atoms with van der Waals surface area (Å²) < 4.78 is 21.4. The number of amides is 1. The number of carbonyl (C=O) groups excluding carboxylic acids is 1. The van der Waals surface area contributed by atoms with Gasteiger partial charge in [0, 0.05) is 24.4 Å². The van der Waals surface area contributed by atoms with E-state index in [1.54, 1.807) is 37.3 Å². The van der Waals surface area contributed by atoms with Gasteiger partial charge in [0.15, 0.2) is 11.5 Å². The SMILES string of the molecule is COc1ccc(-c2noc(N(C)CC(=O)Nc3ccc4c(c3)OCCO4)n2)cc1. The second kappa shape index (κ2) is 8.09. The molecule has 1 N–H and O–H groups in total. The fraction of sp³-hybridized carbons (Fsp3) is 0.250. The molecule has 150 valence electrons. The first-order valence-electron chi connectivity index (χ1n) is 9.01.